The van der Waals surface area contributed by atoms with Gasteiger partial charge in [-0.3, -0.25) is 4.72 Å². The summed E-state index contributed by atoms with van der Waals surface area (Å²) in [5.41, 5.74) is 6.76. The van der Waals surface area contributed by atoms with Crippen molar-refractivity contribution in [2.24, 2.45) is 5.73 Å². The molecule has 0 atom stereocenters. The van der Waals surface area contributed by atoms with Crippen molar-refractivity contribution in [3.8, 4) is 5.75 Å². The van der Waals surface area contributed by atoms with Crippen molar-refractivity contribution >= 4 is 43.0 Å². The van der Waals surface area contributed by atoms with Crippen LogP contribution in [0.5, 0.6) is 5.75 Å². The van der Waals surface area contributed by atoms with Crippen LogP contribution in [-0.4, -0.2) is 15.5 Å². The summed E-state index contributed by atoms with van der Waals surface area (Å²) in [6.45, 7) is 1.95. The van der Waals surface area contributed by atoms with Crippen LogP contribution in [-0.2, 0) is 16.6 Å². The van der Waals surface area contributed by atoms with E-state index in [1.807, 2.05) is 0 Å². The maximum Gasteiger partial charge on any atom is 0.263 e. The van der Waals surface area contributed by atoms with Gasteiger partial charge in [0.1, 0.15) is 10.6 Å². The second-order valence-corrected chi connectivity index (χ2v) is 7.77. The van der Waals surface area contributed by atoms with Gasteiger partial charge in [-0.15, -0.1) is 11.3 Å². The third kappa shape index (κ3) is 3.39. The van der Waals surface area contributed by atoms with Crippen molar-refractivity contribution in [2.75, 3.05) is 11.8 Å². The Morgan fingerprint density at radius 2 is 2.14 bits per heavy atom. The number of halogens is 1. The van der Waals surface area contributed by atoms with E-state index >= 15 is 0 Å². The SMILES string of the molecule is COc1ccc(NS(=O)(=O)c2c(C)csc2CN)cc1Br. The molecule has 1 aromatic heterocycles. The number of rotatable bonds is 5. The van der Waals surface area contributed by atoms with E-state index in [0.717, 1.165) is 0 Å². The van der Waals surface area contributed by atoms with E-state index in [-0.39, 0.29) is 11.4 Å². The molecule has 3 N–H and O–H groups in total. The number of aryl methyl sites for hydroxylation is 1. The molecule has 0 aliphatic rings. The van der Waals surface area contributed by atoms with Crippen molar-refractivity contribution < 1.29 is 13.2 Å². The minimum atomic E-state index is -3.66. The molecule has 0 unspecified atom stereocenters. The highest BCUT2D eigenvalue weighted by Gasteiger charge is 2.22. The lowest BCUT2D eigenvalue weighted by molar-refractivity contribution is 0.412. The Morgan fingerprint density at radius 1 is 1.43 bits per heavy atom. The first-order chi connectivity index (χ1) is 9.89. The van der Waals surface area contributed by atoms with Gasteiger partial charge in [0.2, 0.25) is 0 Å². The fourth-order valence-corrected chi connectivity index (χ4v) is 5.22. The van der Waals surface area contributed by atoms with Crippen molar-refractivity contribution in [1.82, 2.24) is 0 Å². The largest absolute Gasteiger partial charge is 0.496 e. The molecule has 114 valence electrons. The van der Waals surface area contributed by atoms with Crippen LogP contribution in [0.15, 0.2) is 32.9 Å². The molecule has 0 aliphatic heterocycles. The molecule has 0 saturated heterocycles. The van der Waals surface area contributed by atoms with E-state index in [9.17, 15) is 8.42 Å². The molecule has 1 heterocycles. The predicted octanol–water partition coefficient (Wildman–Crippen LogP) is 3.09. The zero-order valence-corrected chi connectivity index (χ0v) is 14.7. The quantitative estimate of drug-likeness (QED) is 0.821. The van der Waals surface area contributed by atoms with Gasteiger partial charge in [-0.25, -0.2) is 8.42 Å². The van der Waals surface area contributed by atoms with Gasteiger partial charge in [0.15, 0.2) is 0 Å². The molecule has 21 heavy (non-hydrogen) atoms. The van der Waals surface area contributed by atoms with Gasteiger partial charge in [0, 0.05) is 11.4 Å². The molecule has 0 spiro atoms. The number of anilines is 1. The van der Waals surface area contributed by atoms with Crippen LogP contribution < -0.4 is 15.2 Å². The number of benzene rings is 1. The first-order valence-electron chi connectivity index (χ1n) is 6.02. The standard InChI is InChI=1S/C13H15BrN2O3S2/c1-8-7-20-12(6-15)13(8)21(17,18)16-9-3-4-11(19-2)10(14)5-9/h3-5,7,16H,6,15H2,1-2H3. The molecule has 5 nitrogen and oxygen atoms in total. The Hall–Kier alpha value is -1.09. The van der Waals surface area contributed by atoms with E-state index in [4.69, 9.17) is 10.5 Å². The first kappa shape index (κ1) is 16.3. The number of methoxy groups -OCH3 is 1. The zero-order valence-electron chi connectivity index (χ0n) is 11.5. The van der Waals surface area contributed by atoms with Gasteiger partial charge in [0.05, 0.1) is 17.3 Å². The summed E-state index contributed by atoms with van der Waals surface area (Å²) in [5.74, 6) is 0.632. The molecule has 2 aromatic rings. The molecule has 0 amide bonds. The summed E-state index contributed by atoms with van der Waals surface area (Å²) in [6, 6.07) is 4.98. The summed E-state index contributed by atoms with van der Waals surface area (Å²) in [7, 11) is -2.11. The highest BCUT2D eigenvalue weighted by Crippen LogP contribution is 2.31. The van der Waals surface area contributed by atoms with Gasteiger partial charge in [-0.2, -0.15) is 0 Å². The number of sulfonamides is 1. The van der Waals surface area contributed by atoms with Crippen molar-refractivity contribution in [1.29, 1.82) is 0 Å². The maximum atomic E-state index is 12.5. The molecule has 0 saturated carbocycles. The summed E-state index contributed by atoms with van der Waals surface area (Å²) in [5, 5.41) is 1.79. The summed E-state index contributed by atoms with van der Waals surface area (Å²) in [4.78, 5) is 0.912. The predicted molar refractivity (Wildman–Crippen MR) is 88.4 cm³/mol. The average Bonchev–Trinajstić information content (AvgIpc) is 2.80. The fourth-order valence-electron chi connectivity index (χ4n) is 1.93. The number of hydrogen-bond donors (Lipinski definition) is 2. The monoisotopic (exact) mass is 390 g/mol. The van der Waals surface area contributed by atoms with Crippen LogP contribution in [0.2, 0.25) is 0 Å². The normalized spacial score (nSPS) is 11.4. The minimum Gasteiger partial charge on any atom is -0.496 e. The molecule has 0 aliphatic carbocycles. The third-order valence-electron chi connectivity index (χ3n) is 2.85. The van der Waals surface area contributed by atoms with Crippen LogP contribution >= 0.6 is 27.3 Å². The third-order valence-corrected chi connectivity index (χ3v) is 6.33. The molecule has 2 rings (SSSR count). The first-order valence-corrected chi connectivity index (χ1v) is 9.18. The maximum absolute atomic E-state index is 12.5. The van der Waals surface area contributed by atoms with Crippen LogP contribution in [0, 0.1) is 6.92 Å². The van der Waals surface area contributed by atoms with Crippen LogP contribution in [0.1, 0.15) is 10.4 Å². The van der Waals surface area contributed by atoms with Crippen molar-refractivity contribution in [2.45, 2.75) is 18.4 Å². The Kier molecular flexibility index (Phi) is 4.92. The van der Waals surface area contributed by atoms with Gasteiger partial charge >= 0.3 is 0 Å². The van der Waals surface area contributed by atoms with E-state index in [0.29, 0.717) is 26.4 Å². The Morgan fingerprint density at radius 3 is 2.71 bits per heavy atom. The number of thiophene rings is 1. The number of hydrogen-bond acceptors (Lipinski definition) is 5. The van der Waals surface area contributed by atoms with E-state index < -0.39 is 10.0 Å². The second kappa shape index (κ2) is 6.35. The smallest absolute Gasteiger partial charge is 0.263 e. The Labute approximate surface area is 136 Å². The van der Waals surface area contributed by atoms with Crippen LogP contribution in [0.4, 0.5) is 5.69 Å². The lowest BCUT2D eigenvalue weighted by Gasteiger charge is -2.11. The molecular formula is C13H15BrN2O3S2. The van der Waals surface area contributed by atoms with Crippen LogP contribution in [0.3, 0.4) is 0 Å². The van der Waals surface area contributed by atoms with E-state index in [1.165, 1.54) is 11.3 Å². The molecule has 8 heteroatoms. The van der Waals surface area contributed by atoms with Gasteiger partial charge in [0.25, 0.3) is 10.0 Å². The molecule has 1 aromatic carbocycles. The lowest BCUT2D eigenvalue weighted by Crippen LogP contribution is -2.15. The van der Waals surface area contributed by atoms with E-state index in [1.54, 1.807) is 37.6 Å². The summed E-state index contributed by atoms with van der Waals surface area (Å²) >= 11 is 4.68. The summed E-state index contributed by atoms with van der Waals surface area (Å²) < 4.78 is 33.4. The molecular weight excluding hydrogens is 376 g/mol. The zero-order chi connectivity index (χ0) is 15.6. The molecule has 0 radical (unpaired) electrons. The fraction of sp³-hybridized carbons (Fsp3) is 0.231. The second-order valence-electron chi connectivity index (χ2n) is 4.33. The highest BCUT2D eigenvalue weighted by atomic mass is 79.9. The van der Waals surface area contributed by atoms with Gasteiger partial charge in [-0.05, 0) is 52.0 Å². The van der Waals surface area contributed by atoms with E-state index in [2.05, 4.69) is 20.7 Å². The summed E-state index contributed by atoms with van der Waals surface area (Å²) in [6.07, 6.45) is 0. The van der Waals surface area contributed by atoms with Crippen molar-refractivity contribution in [3.63, 3.8) is 0 Å². The average molecular weight is 391 g/mol. The number of ether oxygens (including phenoxy) is 1. The Balaban J connectivity index is 2.37. The van der Waals surface area contributed by atoms with Crippen molar-refractivity contribution in [3.05, 3.63) is 38.5 Å². The van der Waals surface area contributed by atoms with Gasteiger partial charge < -0.3 is 10.5 Å². The molecule has 0 bridgehead atoms. The number of nitrogens with one attached hydrogen (secondary N) is 1. The lowest BCUT2D eigenvalue weighted by atomic mass is 10.3. The molecule has 0 fully saturated rings. The number of nitrogens with two attached hydrogens (primary N) is 1. The topological polar surface area (TPSA) is 81.4 Å². The van der Waals surface area contributed by atoms with Gasteiger partial charge in [-0.1, -0.05) is 0 Å². The highest BCUT2D eigenvalue weighted by molar-refractivity contribution is 9.10. The Bertz CT molecular complexity index is 757. The minimum absolute atomic E-state index is 0.195. The van der Waals surface area contributed by atoms with Crippen LogP contribution in [0.25, 0.3) is 0 Å².